The molecule has 1 aliphatic carbocycles. The standard InChI is InChI=1S/C18H16BrF2NO4S.C13H8BrClFNO3S.C4H8FNO/c19-14-7-11(4-5-15(14)20)22-18(24)10-2-1-3-12(6-10)27(25,26)13-8-16(21)17(23)9-13;14-11-7-9(4-5-12(11)16)17-13(18)8-2-1-3-10(6-8)21(15,19)20;5-3-1-6-2-4(3)7/h1-7,13,16-17,23H,8-9H2,(H,22,24);1-7H,(H,17,18);3-4,6-7H,1-2H2. The van der Waals surface area contributed by atoms with Crippen LogP contribution in [0.3, 0.4) is 0 Å². The topological polar surface area (TPSA) is 179 Å². The molecule has 0 radical (unpaired) electrons. The summed E-state index contributed by atoms with van der Waals surface area (Å²) in [6.45, 7) is 0.711. The first-order chi connectivity index (χ1) is 25.8. The Labute approximate surface area is 335 Å². The highest BCUT2D eigenvalue weighted by Crippen LogP contribution is 2.32. The van der Waals surface area contributed by atoms with Gasteiger partial charge in [0.25, 0.3) is 20.9 Å². The van der Waals surface area contributed by atoms with E-state index in [1.807, 2.05) is 0 Å². The number of aliphatic hydroxyl groups excluding tert-OH is 2. The third-order valence-corrected chi connectivity index (χ3v) is 12.9. The van der Waals surface area contributed by atoms with Crippen LogP contribution < -0.4 is 16.0 Å². The maximum atomic E-state index is 13.5. The molecule has 0 bridgehead atoms. The second-order valence-electron chi connectivity index (χ2n) is 12.1. The summed E-state index contributed by atoms with van der Waals surface area (Å²) in [5.41, 5.74) is 0.914. The smallest absolute Gasteiger partial charge is 0.261 e. The molecule has 6 rings (SSSR count). The molecule has 2 aliphatic rings. The van der Waals surface area contributed by atoms with Crippen LogP contribution in [-0.2, 0) is 18.9 Å². The normalized spacial score (nSPS) is 20.7. The van der Waals surface area contributed by atoms with E-state index in [0.29, 0.717) is 24.5 Å². The number of anilines is 2. The minimum Gasteiger partial charge on any atom is -0.390 e. The number of rotatable bonds is 7. The number of hydrogen-bond donors (Lipinski definition) is 5. The Morgan fingerprint density at radius 1 is 0.691 bits per heavy atom. The number of β-amino-alcohol motifs (C(OH)–C–C–N with tert-alkyl or cyclic N) is 1. The number of alkyl halides is 2. The van der Waals surface area contributed by atoms with E-state index in [0.717, 1.165) is 6.07 Å². The fraction of sp³-hybridized carbons (Fsp3) is 0.257. The minimum atomic E-state index is -3.91. The van der Waals surface area contributed by atoms with E-state index in [2.05, 4.69) is 47.8 Å². The molecule has 1 heterocycles. The zero-order valence-electron chi connectivity index (χ0n) is 28.1. The van der Waals surface area contributed by atoms with Crippen molar-refractivity contribution in [1.82, 2.24) is 5.32 Å². The van der Waals surface area contributed by atoms with E-state index in [-0.39, 0.29) is 42.7 Å². The number of aliphatic hydroxyl groups is 2. The fourth-order valence-corrected chi connectivity index (χ4v) is 8.54. The van der Waals surface area contributed by atoms with Gasteiger partial charge in [-0.05, 0) is 117 Å². The van der Waals surface area contributed by atoms with Crippen LogP contribution in [0.2, 0.25) is 0 Å². The Hall–Kier alpha value is -3.43. The van der Waals surface area contributed by atoms with Crippen LogP contribution in [0.5, 0.6) is 0 Å². The van der Waals surface area contributed by atoms with Crippen LogP contribution >= 0.6 is 42.5 Å². The lowest BCUT2D eigenvalue weighted by Gasteiger charge is -2.12. The minimum absolute atomic E-state index is 0.0897. The first-order valence-electron chi connectivity index (χ1n) is 16.0. The van der Waals surface area contributed by atoms with Crippen molar-refractivity contribution in [2.45, 2.75) is 52.4 Å². The molecule has 5 N–H and O–H groups in total. The van der Waals surface area contributed by atoms with Crippen molar-refractivity contribution in [1.29, 1.82) is 0 Å². The largest absolute Gasteiger partial charge is 0.390 e. The van der Waals surface area contributed by atoms with Crippen molar-refractivity contribution in [2.75, 3.05) is 23.7 Å². The summed E-state index contributed by atoms with van der Waals surface area (Å²) in [4.78, 5) is 24.2. The molecule has 296 valence electrons. The van der Waals surface area contributed by atoms with Crippen LogP contribution in [-0.4, -0.2) is 81.8 Å². The lowest BCUT2D eigenvalue weighted by atomic mass is 10.2. The van der Waals surface area contributed by atoms with Crippen LogP contribution in [0.1, 0.15) is 33.6 Å². The number of hydrogen-bond acceptors (Lipinski definition) is 9. The van der Waals surface area contributed by atoms with Gasteiger partial charge in [-0.15, -0.1) is 0 Å². The van der Waals surface area contributed by atoms with Crippen LogP contribution in [0, 0.1) is 11.6 Å². The number of benzene rings is 4. The van der Waals surface area contributed by atoms with E-state index in [1.54, 1.807) is 0 Å². The molecule has 4 aromatic rings. The van der Waals surface area contributed by atoms with Crippen molar-refractivity contribution >= 4 is 84.6 Å². The van der Waals surface area contributed by atoms with Gasteiger partial charge in [-0.1, -0.05) is 12.1 Å². The predicted molar refractivity (Wildman–Crippen MR) is 205 cm³/mol. The number of halogens is 7. The number of nitrogens with one attached hydrogen (secondary N) is 3. The van der Waals surface area contributed by atoms with Gasteiger partial charge in [-0.3, -0.25) is 9.59 Å². The highest BCUT2D eigenvalue weighted by molar-refractivity contribution is 9.10. The maximum Gasteiger partial charge on any atom is 0.261 e. The Kier molecular flexibility index (Phi) is 15.4. The lowest BCUT2D eigenvalue weighted by Crippen LogP contribution is -2.20. The van der Waals surface area contributed by atoms with Crippen LogP contribution in [0.4, 0.5) is 28.9 Å². The second kappa shape index (κ2) is 19.1. The molecule has 1 saturated carbocycles. The number of amides is 2. The predicted octanol–water partition coefficient (Wildman–Crippen LogP) is 6.53. The van der Waals surface area contributed by atoms with Crippen molar-refractivity contribution < 1.29 is 54.2 Å². The monoisotopic (exact) mass is 955 g/mol. The molecule has 4 aromatic carbocycles. The molecule has 55 heavy (non-hydrogen) atoms. The van der Waals surface area contributed by atoms with Gasteiger partial charge in [0.2, 0.25) is 0 Å². The summed E-state index contributed by atoms with van der Waals surface area (Å²) >= 11 is 6.03. The highest BCUT2D eigenvalue weighted by atomic mass is 79.9. The molecular formula is C35H32Br2ClF4N3O8S2. The highest BCUT2D eigenvalue weighted by Gasteiger charge is 2.41. The third kappa shape index (κ3) is 12.3. The van der Waals surface area contributed by atoms with Gasteiger partial charge in [0, 0.05) is 46.3 Å². The summed E-state index contributed by atoms with van der Waals surface area (Å²) < 4.78 is 100. The summed E-state index contributed by atoms with van der Waals surface area (Å²) in [5.74, 6) is -2.04. The molecule has 20 heteroatoms. The molecule has 5 unspecified atom stereocenters. The molecule has 5 atom stereocenters. The molecule has 0 spiro atoms. The van der Waals surface area contributed by atoms with Gasteiger partial charge >= 0.3 is 0 Å². The molecule has 0 aromatic heterocycles. The zero-order valence-corrected chi connectivity index (χ0v) is 33.7. The average molecular weight is 958 g/mol. The van der Waals surface area contributed by atoms with Crippen LogP contribution in [0.15, 0.2) is 104 Å². The SMILES string of the molecule is O=C(Nc1ccc(F)c(Br)c1)c1cccc(S(=O)(=O)C2CC(O)C(F)C2)c1.O=C(Nc1ccc(F)c(Br)c1)c1cccc(S(=O)(=O)Cl)c1.OC1CNCC1F. The third-order valence-electron chi connectivity index (χ3n) is 8.12. The fourth-order valence-electron chi connectivity index (χ4n) is 5.16. The Morgan fingerprint density at radius 2 is 1.18 bits per heavy atom. The number of carbonyl (C=O) groups is 2. The Morgan fingerprint density at radius 3 is 1.56 bits per heavy atom. The van der Waals surface area contributed by atoms with Gasteiger partial charge in [-0.25, -0.2) is 34.4 Å². The van der Waals surface area contributed by atoms with Crippen molar-refractivity contribution in [3.8, 4) is 0 Å². The summed E-state index contributed by atoms with van der Waals surface area (Å²) in [6.07, 6.45) is -5.13. The lowest BCUT2D eigenvalue weighted by molar-refractivity contribution is 0.101. The van der Waals surface area contributed by atoms with Crippen molar-refractivity contribution in [3.63, 3.8) is 0 Å². The first kappa shape index (κ1) is 44.3. The Bertz CT molecular complexity index is 2240. The Balaban J connectivity index is 0.000000212. The first-order valence-corrected chi connectivity index (χ1v) is 21.5. The molecular weight excluding hydrogens is 926 g/mol. The zero-order chi connectivity index (χ0) is 40.7. The summed E-state index contributed by atoms with van der Waals surface area (Å²) in [7, 11) is -2.57. The van der Waals surface area contributed by atoms with E-state index in [9.17, 15) is 49.1 Å². The van der Waals surface area contributed by atoms with Gasteiger partial charge < -0.3 is 26.2 Å². The quantitative estimate of drug-likeness (QED) is 0.102. The average Bonchev–Trinajstić information content (AvgIpc) is 3.70. The van der Waals surface area contributed by atoms with Gasteiger partial charge in [-0.2, -0.15) is 0 Å². The van der Waals surface area contributed by atoms with E-state index < -0.39 is 72.1 Å². The molecule has 2 amide bonds. The number of sulfone groups is 1. The number of carbonyl (C=O) groups excluding carboxylic acids is 2. The van der Waals surface area contributed by atoms with Gasteiger partial charge in [0.05, 0.1) is 36.2 Å². The molecule has 2 fully saturated rings. The molecule has 11 nitrogen and oxygen atoms in total. The van der Waals surface area contributed by atoms with Crippen molar-refractivity contribution in [2.24, 2.45) is 0 Å². The van der Waals surface area contributed by atoms with Crippen molar-refractivity contribution in [3.05, 3.63) is 117 Å². The van der Waals surface area contributed by atoms with E-state index in [4.69, 9.17) is 15.8 Å². The molecule has 1 aliphatic heterocycles. The summed E-state index contributed by atoms with van der Waals surface area (Å²) in [6, 6.07) is 18.6. The van der Waals surface area contributed by atoms with E-state index in [1.165, 1.54) is 78.9 Å². The van der Waals surface area contributed by atoms with Crippen LogP contribution in [0.25, 0.3) is 0 Å². The van der Waals surface area contributed by atoms with Gasteiger partial charge in [0.15, 0.2) is 9.84 Å². The second-order valence-corrected chi connectivity index (χ2v) is 18.6. The maximum absolute atomic E-state index is 13.5. The van der Waals surface area contributed by atoms with E-state index >= 15 is 0 Å². The van der Waals surface area contributed by atoms with Gasteiger partial charge in [0.1, 0.15) is 24.0 Å². The molecule has 1 saturated heterocycles. The summed E-state index contributed by atoms with van der Waals surface area (Å²) in [5, 5.41) is 24.8.